The quantitative estimate of drug-likeness (QED) is 0.316. The van der Waals surface area contributed by atoms with Gasteiger partial charge in [-0.15, -0.1) is 0 Å². The maximum atomic E-state index is 11.1. The summed E-state index contributed by atoms with van der Waals surface area (Å²) >= 11 is 6.11. The van der Waals surface area contributed by atoms with E-state index >= 15 is 0 Å². The second kappa shape index (κ2) is 10.4. The van der Waals surface area contributed by atoms with Gasteiger partial charge in [0.05, 0.1) is 17.9 Å². The van der Waals surface area contributed by atoms with Crippen LogP contribution in [0.1, 0.15) is 24.5 Å². The van der Waals surface area contributed by atoms with E-state index in [2.05, 4.69) is 19.1 Å². The number of benzene rings is 3. The first-order chi connectivity index (χ1) is 16.0. The zero-order valence-electron chi connectivity index (χ0n) is 18.4. The molecule has 1 N–H and O–H groups in total. The average molecular weight is 461 g/mol. The molecule has 0 aliphatic rings. The highest BCUT2D eigenvalue weighted by atomic mass is 35.5. The van der Waals surface area contributed by atoms with E-state index in [4.69, 9.17) is 26.5 Å². The predicted octanol–water partition coefficient (Wildman–Crippen LogP) is 6.33. The van der Waals surface area contributed by atoms with Crippen LogP contribution in [0.25, 0.3) is 22.5 Å². The molecule has 4 rings (SSSR count). The van der Waals surface area contributed by atoms with Crippen LogP contribution in [0.15, 0.2) is 78.9 Å². The topological polar surface area (TPSA) is 64.3 Å². The lowest BCUT2D eigenvalue weighted by molar-refractivity contribution is -0.139. The summed E-state index contributed by atoms with van der Waals surface area (Å²) in [5.74, 6) is -0.515. The number of hydrogen-bond acceptors (Lipinski definition) is 3. The molecule has 3 aromatic carbocycles. The molecule has 0 fully saturated rings. The van der Waals surface area contributed by atoms with Gasteiger partial charge in [0.25, 0.3) is 0 Å². The second-order valence-corrected chi connectivity index (χ2v) is 8.26. The van der Waals surface area contributed by atoms with Gasteiger partial charge in [0.1, 0.15) is 5.75 Å². The lowest BCUT2D eigenvalue weighted by Gasteiger charge is -2.11. The first-order valence-electron chi connectivity index (χ1n) is 10.9. The Kier molecular flexibility index (Phi) is 7.10. The predicted molar refractivity (Wildman–Crippen MR) is 131 cm³/mol. The van der Waals surface area contributed by atoms with E-state index in [1.54, 1.807) is 0 Å². The summed E-state index contributed by atoms with van der Waals surface area (Å²) in [7, 11) is 0. The number of nitrogens with zero attached hydrogens (tertiary/aromatic N) is 2. The first-order valence-corrected chi connectivity index (χ1v) is 11.3. The summed E-state index contributed by atoms with van der Waals surface area (Å²) in [6.45, 7) is 2.31. The fourth-order valence-corrected chi connectivity index (χ4v) is 3.89. The van der Waals surface area contributed by atoms with Gasteiger partial charge in [0.2, 0.25) is 0 Å². The van der Waals surface area contributed by atoms with Crippen LogP contribution in [-0.2, 0) is 17.8 Å². The second-order valence-electron chi connectivity index (χ2n) is 7.83. The Bertz CT molecular complexity index is 1230. The summed E-state index contributed by atoms with van der Waals surface area (Å²) < 4.78 is 7.57. The molecule has 4 aromatic rings. The standard InChI is InChI=1S/C27H25ClN2O3/c1-2-6-19-9-14-26(33-18-27(31)32)23(15-19)24-16-25(21-10-12-22(28)13-11-21)30(29-24)17-20-7-4-3-5-8-20/h3-5,7-16H,2,6,17-18H2,1H3,(H,31,32). The van der Waals surface area contributed by atoms with Gasteiger partial charge in [0, 0.05) is 10.6 Å². The Hall–Kier alpha value is -3.57. The number of carbonyl (C=O) groups is 1. The fraction of sp³-hybridized carbons (Fsp3) is 0.185. The summed E-state index contributed by atoms with van der Waals surface area (Å²) in [6.07, 6.45) is 1.92. The maximum absolute atomic E-state index is 11.1. The molecule has 0 saturated heterocycles. The van der Waals surface area contributed by atoms with E-state index in [1.165, 1.54) is 0 Å². The number of ether oxygens (including phenoxy) is 1. The third-order valence-corrected chi connectivity index (χ3v) is 5.56. The third-order valence-electron chi connectivity index (χ3n) is 5.30. The largest absolute Gasteiger partial charge is 0.481 e. The van der Waals surface area contributed by atoms with Gasteiger partial charge in [-0.2, -0.15) is 5.10 Å². The van der Waals surface area contributed by atoms with Crippen molar-refractivity contribution in [1.29, 1.82) is 0 Å². The number of aliphatic carboxylic acids is 1. The molecule has 1 aromatic heterocycles. The highest BCUT2D eigenvalue weighted by Gasteiger charge is 2.17. The third kappa shape index (κ3) is 5.62. The van der Waals surface area contributed by atoms with E-state index in [0.29, 0.717) is 17.3 Å². The molecular formula is C27H25ClN2O3. The normalized spacial score (nSPS) is 10.8. The van der Waals surface area contributed by atoms with Crippen molar-refractivity contribution in [2.45, 2.75) is 26.3 Å². The SMILES string of the molecule is CCCc1ccc(OCC(=O)O)c(-c2cc(-c3ccc(Cl)cc3)n(Cc3ccccc3)n2)c1. The number of rotatable bonds is 9. The minimum absolute atomic E-state index is 0.408. The monoisotopic (exact) mass is 460 g/mol. The van der Waals surface area contributed by atoms with Crippen LogP contribution in [0, 0.1) is 0 Å². The van der Waals surface area contributed by atoms with Crippen molar-refractivity contribution >= 4 is 17.6 Å². The highest BCUT2D eigenvalue weighted by Crippen LogP contribution is 2.34. The van der Waals surface area contributed by atoms with Gasteiger partial charge in [-0.25, -0.2) is 4.79 Å². The maximum Gasteiger partial charge on any atom is 0.341 e. The summed E-state index contributed by atoms with van der Waals surface area (Å²) in [6, 6.07) is 25.7. The molecule has 0 aliphatic heterocycles. The molecule has 0 amide bonds. The van der Waals surface area contributed by atoms with Crippen molar-refractivity contribution in [3.8, 4) is 28.3 Å². The summed E-state index contributed by atoms with van der Waals surface area (Å²) in [4.78, 5) is 11.1. The van der Waals surface area contributed by atoms with Crippen LogP contribution in [-0.4, -0.2) is 27.5 Å². The number of carboxylic acid groups (broad SMARTS) is 1. The highest BCUT2D eigenvalue weighted by molar-refractivity contribution is 6.30. The zero-order chi connectivity index (χ0) is 23.2. The average Bonchev–Trinajstić information content (AvgIpc) is 3.23. The number of hydrogen-bond donors (Lipinski definition) is 1. The number of halogens is 1. The Balaban J connectivity index is 1.81. The number of aromatic nitrogens is 2. The summed E-state index contributed by atoms with van der Waals surface area (Å²) in [5, 5.41) is 14.7. The molecule has 1 heterocycles. The van der Waals surface area contributed by atoms with Gasteiger partial charge in [0.15, 0.2) is 6.61 Å². The van der Waals surface area contributed by atoms with Gasteiger partial charge >= 0.3 is 5.97 Å². The van der Waals surface area contributed by atoms with Crippen LogP contribution < -0.4 is 4.74 Å². The molecule has 0 saturated carbocycles. The van der Waals surface area contributed by atoms with Crippen molar-refractivity contribution in [2.75, 3.05) is 6.61 Å². The minimum Gasteiger partial charge on any atom is -0.481 e. The molecular weight excluding hydrogens is 436 g/mol. The van der Waals surface area contributed by atoms with Crippen molar-refractivity contribution in [3.63, 3.8) is 0 Å². The Morgan fingerprint density at radius 1 is 1.00 bits per heavy atom. The van der Waals surface area contributed by atoms with E-state index in [0.717, 1.165) is 46.5 Å². The van der Waals surface area contributed by atoms with Gasteiger partial charge in [-0.3, -0.25) is 4.68 Å². The van der Waals surface area contributed by atoms with Gasteiger partial charge in [-0.05, 0) is 53.4 Å². The lowest BCUT2D eigenvalue weighted by Crippen LogP contribution is -2.10. The molecule has 5 nitrogen and oxygen atoms in total. The molecule has 0 bridgehead atoms. The van der Waals surface area contributed by atoms with Crippen LogP contribution in [0.3, 0.4) is 0 Å². The molecule has 0 atom stereocenters. The lowest BCUT2D eigenvalue weighted by atomic mass is 10.0. The molecule has 6 heteroatoms. The van der Waals surface area contributed by atoms with E-state index in [-0.39, 0.29) is 0 Å². The van der Waals surface area contributed by atoms with Crippen molar-refractivity contribution in [3.05, 3.63) is 95.0 Å². The summed E-state index contributed by atoms with van der Waals surface area (Å²) in [5.41, 5.74) is 5.73. The minimum atomic E-state index is -1.02. The Morgan fingerprint density at radius 2 is 1.76 bits per heavy atom. The van der Waals surface area contributed by atoms with Crippen LogP contribution >= 0.6 is 11.6 Å². The number of aryl methyl sites for hydroxylation is 1. The van der Waals surface area contributed by atoms with Crippen LogP contribution in [0.2, 0.25) is 5.02 Å². The molecule has 0 spiro atoms. The van der Waals surface area contributed by atoms with Crippen LogP contribution in [0.4, 0.5) is 0 Å². The van der Waals surface area contributed by atoms with Crippen molar-refractivity contribution < 1.29 is 14.6 Å². The van der Waals surface area contributed by atoms with E-state index in [1.807, 2.05) is 71.4 Å². The van der Waals surface area contributed by atoms with E-state index in [9.17, 15) is 4.79 Å². The first kappa shape index (κ1) is 22.6. The smallest absolute Gasteiger partial charge is 0.341 e. The van der Waals surface area contributed by atoms with Gasteiger partial charge < -0.3 is 9.84 Å². The molecule has 0 aliphatic carbocycles. The molecule has 0 radical (unpaired) electrons. The molecule has 168 valence electrons. The fourth-order valence-electron chi connectivity index (χ4n) is 3.77. The van der Waals surface area contributed by atoms with Gasteiger partial charge in [-0.1, -0.05) is 73.5 Å². The van der Waals surface area contributed by atoms with Crippen molar-refractivity contribution in [1.82, 2.24) is 9.78 Å². The van der Waals surface area contributed by atoms with Crippen molar-refractivity contribution in [2.24, 2.45) is 0 Å². The Morgan fingerprint density at radius 3 is 2.45 bits per heavy atom. The molecule has 0 unspecified atom stereocenters. The Labute approximate surface area is 198 Å². The molecule has 33 heavy (non-hydrogen) atoms. The number of carboxylic acids is 1. The van der Waals surface area contributed by atoms with Crippen LogP contribution in [0.5, 0.6) is 5.75 Å². The van der Waals surface area contributed by atoms with E-state index < -0.39 is 12.6 Å². The zero-order valence-corrected chi connectivity index (χ0v) is 19.1.